The van der Waals surface area contributed by atoms with Crippen LogP contribution in [0.1, 0.15) is 29.2 Å². The van der Waals surface area contributed by atoms with Gasteiger partial charge < -0.3 is 19.9 Å². The van der Waals surface area contributed by atoms with Gasteiger partial charge in [0, 0.05) is 29.2 Å². The number of rotatable bonds is 6. The number of nitrogens with zero attached hydrogens (tertiary/aromatic N) is 2. The van der Waals surface area contributed by atoms with Crippen LogP contribution in [-0.2, 0) is 9.59 Å². The molecule has 1 saturated heterocycles. The molecule has 2 aromatic carbocycles. The first-order valence-electron chi connectivity index (χ1n) is 10.4. The predicted octanol–water partition coefficient (Wildman–Crippen LogP) is 3.85. The molecule has 0 spiro atoms. The smallest absolute Gasteiger partial charge is 0.295 e. The number of benzene rings is 2. The zero-order chi connectivity index (χ0) is 22.1. The number of para-hydroxylation sites is 1. The number of hydrogen-bond donors (Lipinski definition) is 2. The summed E-state index contributed by atoms with van der Waals surface area (Å²) in [4.78, 5) is 32.9. The lowest BCUT2D eigenvalue weighted by Crippen LogP contribution is -2.32. The summed E-state index contributed by atoms with van der Waals surface area (Å²) in [6.45, 7) is 3.21. The Morgan fingerprint density at radius 2 is 1.90 bits per heavy atom. The van der Waals surface area contributed by atoms with E-state index in [1.807, 2.05) is 74.4 Å². The summed E-state index contributed by atoms with van der Waals surface area (Å²) in [6.07, 6.45) is 2.42. The first-order chi connectivity index (χ1) is 14.9. The first kappa shape index (κ1) is 20.9. The van der Waals surface area contributed by atoms with Crippen LogP contribution < -0.4 is 0 Å². The van der Waals surface area contributed by atoms with Gasteiger partial charge >= 0.3 is 0 Å². The van der Waals surface area contributed by atoms with Crippen LogP contribution in [0.15, 0.2) is 60.3 Å². The highest BCUT2D eigenvalue weighted by Crippen LogP contribution is 2.40. The van der Waals surface area contributed by atoms with Crippen molar-refractivity contribution in [2.24, 2.45) is 0 Å². The van der Waals surface area contributed by atoms with Gasteiger partial charge in [0.2, 0.25) is 0 Å². The Balaban J connectivity index is 1.85. The third-order valence-electron chi connectivity index (χ3n) is 5.75. The maximum absolute atomic E-state index is 13.1. The average Bonchev–Trinajstić information content (AvgIpc) is 3.28. The zero-order valence-electron chi connectivity index (χ0n) is 18.1. The van der Waals surface area contributed by atoms with Crippen molar-refractivity contribution in [2.45, 2.75) is 19.4 Å². The molecule has 0 saturated carbocycles. The monoisotopic (exact) mass is 417 g/mol. The van der Waals surface area contributed by atoms with Gasteiger partial charge in [-0.1, -0.05) is 48.0 Å². The standard InChI is InChI=1S/C25H27N3O3/c1-16-8-6-9-17(14-16)22-21(24(30)25(31)28(22)13-7-12-27(2)3)23(29)19-15-26-20-11-5-4-10-18(19)20/h4-6,8-11,14-15,22,26,29H,7,12-13H2,1-3H3/b23-21-. The first-order valence-corrected chi connectivity index (χ1v) is 10.4. The molecule has 6 nitrogen and oxygen atoms in total. The number of carbonyl (C=O) groups excluding carboxylic acids is 2. The molecular weight excluding hydrogens is 390 g/mol. The lowest BCUT2D eigenvalue weighted by atomic mass is 9.94. The SMILES string of the molecule is Cc1cccc(C2/C(=C(/O)c3c[nH]c4ccccc34)C(=O)C(=O)N2CCCN(C)C)c1. The van der Waals surface area contributed by atoms with Gasteiger partial charge in [0.1, 0.15) is 5.76 Å². The molecule has 160 valence electrons. The molecule has 1 amide bonds. The van der Waals surface area contributed by atoms with Crippen molar-refractivity contribution < 1.29 is 14.7 Å². The van der Waals surface area contributed by atoms with Gasteiger partial charge in [-0.25, -0.2) is 0 Å². The zero-order valence-corrected chi connectivity index (χ0v) is 18.1. The number of aliphatic hydroxyl groups excluding tert-OH is 1. The highest BCUT2D eigenvalue weighted by atomic mass is 16.3. The Kier molecular flexibility index (Phi) is 5.65. The second-order valence-electron chi connectivity index (χ2n) is 8.31. The molecule has 0 bridgehead atoms. The van der Waals surface area contributed by atoms with Crippen LogP contribution in [-0.4, -0.2) is 58.8 Å². The van der Waals surface area contributed by atoms with Gasteiger partial charge in [0.15, 0.2) is 0 Å². The van der Waals surface area contributed by atoms with Crippen LogP contribution >= 0.6 is 0 Å². The van der Waals surface area contributed by atoms with Crippen LogP contribution in [0.4, 0.5) is 0 Å². The summed E-state index contributed by atoms with van der Waals surface area (Å²) in [6, 6.07) is 14.7. The van der Waals surface area contributed by atoms with Gasteiger partial charge in [-0.05, 0) is 45.6 Å². The van der Waals surface area contributed by atoms with Crippen LogP contribution in [0.25, 0.3) is 16.7 Å². The molecule has 1 aromatic heterocycles. The molecular formula is C25H27N3O3. The van der Waals surface area contributed by atoms with Gasteiger partial charge in [-0.3, -0.25) is 9.59 Å². The summed E-state index contributed by atoms with van der Waals surface area (Å²) in [5, 5.41) is 12.1. The molecule has 1 unspecified atom stereocenters. The van der Waals surface area contributed by atoms with Crippen molar-refractivity contribution in [1.29, 1.82) is 0 Å². The van der Waals surface area contributed by atoms with E-state index in [1.54, 1.807) is 11.1 Å². The minimum absolute atomic E-state index is 0.141. The van der Waals surface area contributed by atoms with E-state index in [0.717, 1.165) is 35.0 Å². The number of likely N-dealkylation sites (tertiary alicyclic amines) is 1. The van der Waals surface area contributed by atoms with Crippen molar-refractivity contribution in [2.75, 3.05) is 27.2 Å². The number of ketones is 1. The van der Waals surface area contributed by atoms with Gasteiger partial charge in [0.25, 0.3) is 11.7 Å². The molecule has 0 radical (unpaired) electrons. The molecule has 4 rings (SSSR count). The topological polar surface area (TPSA) is 76.6 Å². The van der Waals surface area contributed by atoms with Crippen molar-refractivity contribution in [3.63, 3.8) is 0 Å². The van der Waals surface area contributed by atoms with Gasteiger partial charge in [0.05, 0.1) is 11.6 Å². The van der Waals surface area contributed by atoms with E-state index >= 15 is 0 Å². The minimum Gasteiger partial charge on any atom is -0.507 e. The number of fused-ring (bicyclic) bond motifs is 1. The minimum atomic E-state index is -0.640. The Bertz CT molecular complexity index is 1180. The quantitative estimate of drug-likeness (QED) is 0.363. The number of Topliss-reactive ketones (excluding diaryl/α,β-unsaturated/α-hetero) is 1. The van der Waals surface area contributed by atoms with E-state index in [9.17, 15) is 14.7 Å². The number of nitrogens with one attached hydrogen (secondary N) is 1. The van der Waals surface area contributed by atoms with Crippen LogP contribution in [0.5, 0.6) is 0 Å². The summed E-state index contributed by atoms with van der Waals surface area (Å²) >= 11 is 0. The Labute approximate surface area is 181 Å². The lowest BCUT2D eigenvalue weighted by molar-refractivity contribution is -0.139. The highest BCUT2D eigenvalue weighted by molar-refractivity contribution is 6.46. The van der Waals surface area contributed by atoms with E-state index in [1.165, 1.54) is 0 Å². The maximum Gasteiger partial charge on any atom is 0.295 e. The van der Waals surface area contributed by atoms with Crippen molar-refractivity contribution in [1.82, 2.24) is 14.8 Å². The summed E-state index contributed by atoms with van der Waals surface area (Å²) < 4.78 is 0. The van der Waals surface area contributed by atoms with Gasteiger partial charge in [-0.15, -0.1) is 0 Å². The Hall–Kier alpha value is -3.38. The number of aromatic amines is 1. The second-order valence-corrected chi connectivity index (χ2v) is 8.31. The summed E-state index contributed by atoms with van der Waals surface area (Å²) in [7, 11) is 3.95. The molecule has 3 aromatic rings. The molecule has 6 heteroatoms. The average molecular weight is 418 g/mol. The van der Waals surface area contributed by atoms with Gasteiger partial charge in [-0.2, -0.15) is 0 Å². The van der Waals surface area contributed by atoms with E-state index in [4.69, 9.17) is 0 Å². The third kappa shape index (κ3) is 3.86. The highest BCUT2D eigenvalue weighted by Gasteiger charge is 2.46. The fraction of sp³-hybridized carbons (Fsp3) is 0.280. The van der Waals surface area contributed by atoms with Crippen molar-refractivity contribution in [3.05, 3.63) is 77.0 Å². The molecule has 1 aliphatic heterocycles. The number of aryl methyl sites for hydroxylation is 1. The van der Waals surface area contributed by atoms with Crippen molar-refractivity contribution >= 4 is 28.4 Å². The molecule has 31 heavy (non-hydrogen) atoms. The lowest BCUT2D eigenvalue weighted by Gasteiger charge is -2.26. The molecule has 2 heterocycles. The number of aromatic nitrogens is 1. The largest absolute Gasteiger partial charge is 0.507 e. The molecule has 1 fully saturated rings. The summed E-state index contributed by atoms with van der Waals surface area (Å²) in [5.74, 6) is -1.34. The second kappa shape index (κ2) is 8.40. The predicted molar refractivity (Wildman–Crippen MR) is 122 cm³/mol. The number of aliphatic hydroxyl groups is 1. The molecule has 1 atom stereocenters. The Morgan fingerprint density at radius 3 is 2.65 bits per heavy atom. The third-order valence-corrected chi connectivity index (χ3v) is 5.75. The van der Waals surface area contributed by atoms with E-state index < -0.39 is 17.7 Å². The number of amides is 1. The summed E-state index contributed by atoms with van der Waals surface area (Å²) in [5.41, 5.74) is 3.38. The van der Waals surface area contributed by atoms with E-state index in [0.29, 0.717) is 12.1 Å². The fourth-order valence-electron chi connectivity index (χ4n) is 4.27. The number of H-pyrrole nitrogens is 1. The van der Waals surface area contributed by atoms with Crippen molar-refractivity contribution in [3.8, 4) is 0 Å². The van der Waals surface area contributed by atoms with E-state index in [-0.39, 0.29) is 11.3 Å². The van der Waals surface area contributed by atoms with E-state index in [2.05, 4.69) is 4.98 Å². The number of hydrogen-bond acceptors (Lipinski definition) is 4. The fourth-order valence-corrected chi connectivity index (χ4v) is 4.27. The maximum atomic E-state index is 13.1. The van der Waals surface area contributed by atoms with Crippen LogP contribution in [0, 0.1) is 6.92 Å². The normalized spacial score (nSPS) is 18.5. The molecule has 2 N–H and O–H groups in total. The number of carbonyl (C=O) groups is 2. The molecule has 1 aliphatic rings. The van der Waals surface area contributed by atoms with Crippen LogP contribution in [0.3, 0.4) is 0 Å². The van der Waals surface area contributed by atoms with Crippen LogP contribution in [0.2, 0.25) is 0 Å². The molecule has 0 aliphatic carbocycles. The Morgan fingerprint density at radius 1 is 1.13 bits per heavy atom.